The van der Waals surface area contributed by atoms with Gasteiger partial charge in [-0.25, -0.2) is 4.39 Å². The number of carbonyl (C=O) groups excluding carboxylic acids is 2. The van der Waals surface area contributed by atoms with E-state index >= 15 is 0 Å². The number of benzene rings is 2. The number of anilines is 1. The van der Waals surface area contributed by atoms with Gasteiger partial charge in [0.2, 0.25) is 0 Å². The molecule has 1 atom stereocenters. The molecule has 1 aromatic heterocycles. The first-order chi connectivity index (χ1) is 15.1. The van der Waals surface area contributed by atoms with Gasteiger partial charge in [0.1, 0.15) is 17.3 Å². The maximum atomic E-state index is 14.1. The van der Waals surface area contributed by atoms with Crippen LogP contribution in [0.4, 0.5) is 10.2 Å². The van der Waals surface area contributed by atoms with E-state index in [0.717, 1.165) is 4.90 Å². The number of halogens is 2. The fraction of sp³-hybridized carbons (Fsp3) is 0.208. The Morgan fingerprint density at radius 2 is 1.81 bits per heavy atom. The second-order valence-corrected chi connectivity index (χ2v) is 8.97. The molecule has 0 radical (unpaired) electrons. The number of hydrogen-bond donors (Lipinski definition) is 1. The lowest BCUT2D eigenvalue weighted by molar-refractivity contribution is -0.132. The summed E-state index contributed by atoms with van der Waals surface area (Å²) in [5.74, 6) is -2.14. The van der Waals surface area contributed by atoms with E-state index in [9.17, 15) is 19.1 Å². The molecule has 2 aromatic carbocycles. The van der Waals surface area contributed by atoms with Crippen LogP contribution in [0, 0.1) is 5.82 Å². The number of aliphatic hydroxyl groups excluding tert-OH is 1. The molecule has 0 spiro atoms. The van der Waals surface area contributed by atoms with E-state index in [1.165, 1.54) is 30.3 Å². The van der Waals surface area contributed by atoms with Crippen LogP contribution in [-0.2, 0) is 15.0 Å². The summed E-state index contributed by atoms with van der Waals surface area (Å²) in [5, 5.41) is 15.4. The van der Waals surface area contributed by atoms with Gasteiger partial charge in [0.15, 0.2) is 5.82 Å². The molecule has 1 aliphatic heterocycles. The molecule has 164 valence electrons. The Labute approximate surface area is 188 Å². The molecule has 6 nitrogen and oxygen atoms in total. The van der Waals surface area contributed by atoms with E-state index in [4.69, 9.17) is 16.1 Å². The van der Waals surface area contributed by atoms with Gasteiger partial charge in [0.05, 0.1) is 11.6 Å². The molecular formula is C24H20ClFN2O4. The molecule has 0 bridgehead atoms. The zero-order valence-electron chi connectivity index (χ0n) is 17.6. The SMILES string of the molecule is CC(C)(C)c1cc(N2C(=O)C(=O)/C(=C(/O)c3ccc(Cl)cc3)C2c2cccc(F)c2)no1. The minimum Gasteiger partial charge on any atom is -0.507 e. The summed E-state index contributed by atoms with van der Waals surface area (Å²) in [4.78, 5) is 27.2. The summed E-state index contributed by atoms with van der Waals surface area (Å²) in [6, 6.07) is 12.1. The predicted molar refractivity (Wildman–Crippen MR) is 118 cm³/mol. The van der Waals surface area contributed by atoms with Gasteiger partial charge >= 0.3 is 5.91 Å². The number of ketones is 1. The number of hydrogen-bond acceptors (Lipinski definition) is 5. The van der Waals surface area contributed by atoms with Gasteiger partial charge in [-0.15, -0.1) is 0 Å². The Bertz CT molecular complexity index is 1240. The molecule has 0 saturated carbocycles. The zero-order chi connectivity index (χ0) is 23.2. The Morgan fingerprint density at radius 3 is 2.41 bits per heavy atom. The highest BCUT2D eigenvalue weighted by Crippen LogP contribution is 2.42. The number of aromatic nitrogens is 1. The highest BCUT2D eigenvalue weighted by Gasteiger charge is 2.48. The van der Waals surface area contributed by atoms with Crippen molar-refractivity contribution in [3.63, 3.8) is 0 Å². The van der Waals surface area contributed by atoms with Gasteiger partial charge in [-0.05, 0) is 42.0 Å². The number of carbonyl (C=O) groups is 2. The molecule has 3 aromatic rings. The minimum absolute atomic E-state index is 0.0986. The minimum atomic E-state index is -1.10. The highest BCUT2D eigenvalue weighted by molar-refractivity contribution is 6.51. The van der Waals surface area contributed by atoms with Crippen LogP contribution in [-0.4, -0.2) is 22.0 Å². The van der Waals surface area contributed by atoms with E-state index in [1.807, 2.05) is 20.8 Å². The molecule has 1 N–H and O–H groups in total. The van der Waals surface area contributed by atoms with Gasteiger partial charge in [-0.2, -0.15) is 0 Å². The third-order valence-corrected chi connectivity index (χ3v) is 5.46. The first-order valence-electron chi connectivity index (χ1n) is 9.87. The van der Waals surface area contributed by atoms with Crippen LogP contribution in [0.1, 0.15) is 43.7 Å². The van der Waals surface area contributed by atoms with Crippen LogP contribution in [0.3, 0.4) is 0 Å². The fourth-order valence-corrected chi connectivity index (χ4v) is 3.68. The van der Waals surface area contributed by atoms with E-state index in [1.54, 1.807) is 24.3 Å². The average molecular weight is 455 g/mol. The Kier molecular flexibility index (Phi) is 5.38. The van der Waals surface area contributed by atoms with Gasteiger partial charge in [-0.1, -0.05) is 49.7 Å². The predicted octanol–water partition coefficient (Wildman–Crippen LogP) is 5.39. The van der Waals surface area contributed by atoms with Crippen LogP contribution >= 0.6 is 11.6 Å². The van der Waals surface area contributed by atoms with E-state index in [-0.39, 0.29) is 11.4 Å². The zero-order valence-corrected chi connectivity index (χ0v) is 18.4. The van der Waals surface area contributed by atoms with Crippen molar-refractivity contribution in [1.29, 1.82) is 0 Å². The molecule has 4 rings (SSSR count). The smallest absolute Gasteiger partial charge is 0.301 e. The van der Waals surface area contributed by atoms with Crippen molar-refractivity contribution < 1.29 is 23.6 Å². The lowest BCUT2D eigenvalue weighted by atomic mass is 9.93. The summed E-state index contributed by atoms with van der Waals surface area (Å²) < 4.78 is 19.5. The van der Waals surface area contributed by atoms with Crippen molar-refractivity contribution in [2.45, 2.75) is 32.2 Å². The first kappa shape index (κ1) is 21.8. The van der Waals surface area contributed by atoms with Gasteiger partial charge in [-0.3, -0.25) is 14.5 Å². The van der Waals surface area contributed by atoms with Crippen LogP contribution in [0.15, 0.2) is 64.7 Å². The average Bonchev–Trinajstić information content (AvgIpc) is 3.32. The number of amides is 1. The van der Waals surface area contributed by atoms with E-state index < -0.39 is 34.7 Å². The number of nitrogens with zero attached hydrogens (tertiary/aromatic N) is 2. The molecule has 32 heavy (non-hydrogen) atoms. The van der Waals surface area contributed by atoms with Crippen molar-refractivity contribution >= 4 is 34.9 Å². The molecule has 1 aliphatic rings. The number of Topliss-reactive ketones (excluding diaryl/α,β-unsaturated/α-hetero) is 1. The summed E-state index contributed by atoms with van der Waals surface area (Å²) in [5.41, 5.74) is 0.0313. The molecule has 1 fully saturated rings. The van der Waals surface area contributed by atoms with Crippen LogP contribution < -0.4 is 4.90 Å². The number of rotatable bonds is 3. The second kappa shape index (κ2) is 7.91. The Morgan fingerprint density at radius 1 is 1.12 bits per heavy atom. The molecular weight excluding hydrogens is 435 g/mol. The number of aliphatic hydroxyl groups is 1. The summed E-state index contributed by atoms with van der Waals surface area (Å²) in [6.45, 7) is 5.74. The summed E-state index contributed by atoms with van der Waals surface area (Å²) in [7, 11) is 0. The van der Waals surface area contributed by atoms with Crippen LogP contribution in [0.25, 0.3) is 5.76 Å². The molecule has 2 heterocycles. The molecule has 8 heteroatoms. The first-order valence-corrected chi connectivity index (χ1v) is 10.3. The van der Waals surface area contributed by atoms with Crippen molar-refractivity contribution in [3.8, 4) is 0 Å². The Hall–Kier alpha value is -3.45. The van der Waals surface area contributed by atoms with Gasteiger partial charge in [0, 0.05) is 22.1 Å². The topological polar surface area (TPSA) is 83.6 Å². The largest absolute Gasteiger partial charge is 0.507 e. The van der Waals surface area contributed by atoms with Crippen molar-refractivity contribution in [3.05, 3.63) is 87.9 Å². The molecule has 0 aliphatic carbocycles. The standard InChI is InChI=1S/C24H20ClFN2O4/c1-24(2,3)17-12-18(27-32-17)28-20(14-5-4-6-16(26)11-14)19(22(30)23(28)31)21(29)13-7-9-15(25)10-8-13/h4-12,20,29H,1-3H3/b21-19+. The van der Waals surface area contributed by atoms with Crippen LogP contribution in [0.2, 0.25) is 5.02 Å². The second-order valence-electron chi connectivity index (χ2n) is 8.53. The Balaban J connectivity index is 1.93. The maximum Gasteiger partial charge on any atom is 0.301 e. The third kappa shape index (κ3) is 3.80. The third-order valence-electron chi connectivity index (χ3n) is 5.21. The molecule has 1 unspecified atom stereocenters. The quantitative estimate of drug-likeness (QED) is 0.326. The normalized spacial score (nSPS) is 18.4. The van der Waals surface area contributed by atoms with Crippen molar-refractivity contribution in [2.24, 2.45) is 0 Å². The van der Waals surface area contributed by atoms with Crippen molar-refractivity contribution in [2.75, 3.05) is 4.90 Å². The maximum absolute atomic E-state index is 14.1. The van der Waals surface area contributed by atoms with Crippen molar-refractivity contribution in [1.82, 2.24) is 5.16 Å². The summed E-state index contributed by atoms with van der Waals surface area (Å²) >= 11 is 5.92. The highest BCUT2D eigenvalue weighted by atomic mass is 35.5. The monoisotopic (exact) mass is 454 g/mol. The van der Waals surface area contributed by atoms with Gasteiger partial charge in [0.25, 0.3) is 5.78 Å². The van der Waals surface area contributed by atoms with E-state index in [2.05, 4.69) is 5.16 Å². The molecule has 1 amide bonds. The fourth-order valence-electron chi connectivity index (χ4n) is 3.56. The lowest BCUT2D eigenvalue weighted by Crippen LogP contribution is -2.29. The van der Waals surface area contributed by atoms with Gasteiger partial charge < -0.3 is 9.63 Å². The van der Waals surface area contributed by atoms with Crippen LogP contribution in [0.5, 0.6) is 0 Å². The lowest BCUT2D eigenvalue weighted by Gasteiger charge is -2.23. The summed E-state index contributed by atoms with van der Waals surface area (Å²) in [6.07, 6.45) is 0. The van der Waals surface area contributed by atoms with E-state index in [0.29, 0.717) is 21.9 Å². The molecule has 1 saturated heterocycles.